The molecule has 0 amide bonds. The second-order valence-electron chi connectivity index (χ2n) is 4.39. The maximum absolute atomic E-state index is 11.5. The molecule has 120 valence electrons. The third-order valence-electron chi connectivity index (χ3n) is 2.97. The average molecular weight is 364 g/mol. The van der Waals surface area contributed by atoms with E-state index in [1.807, 2.05) is 0 Å². The summed E-state index contributed by atoms with van der Waals surface area (Å²) in [5.41, 5.74) is 17.5. The monoisotopic (exact) mass is 364 g/mol. The molecule has 0 saturated heterocycles. The van der Waals surface area contributed by atoms with Gasteiger partial charge in [0.2, 0.25) is 0 Å². The Kier molecular flexibility index (Phi) is 7.69. The first-order valence-corrected chi connectivity index (χ1v) is 7.85. The van der Waals surface area contributed by atoms with Crippen molar-refractivity contribution in [1.29, 1.82) is 0 Å². The normalized spacial score (nSPS) is 11.2. The molecule has 11 heteroatoms. The standard InChI is InChI=1S/C14H10N6O3S.Na/c15-19-17-13(10-6-2-1-3-7-10)14(18-20-16)11-8-4-5-9-12(11)24(21,22)23;/h1-9H,(H,21,22,23);/q;+1/p-1. The summed E-state index contributed by atoms with van der Waals surface area (Å²) in [4.78, 5) is 4.77. The van der Waals surface area contributed by atoms with Crippen molar-refractivity contribution in [2.45, 2.75) is 4.90 Å². The van der Waals surface area contributed by atoms with Gasteiger partial charge in [0.1, 0.15) is 10.1 Å². The van der Waals surface area contributed by atoms with Crippen LogP contribution in [0.25, 0.3) is 32.3 Å². The summed E-state index contributed by atoms with van der Waals surface area (Å²) in [5.74, 6) is 0. The molecule has 0 N–H and O–H groups in total. The van der Waals surface area contributed by atoms with Crippen LogP contribution in [0.5, 0.6) is 0 Å². The molecule has 0 aliphatic heterocycles. The summed E-state index contributed by atoms with van der Waals surface area (Å²) in [6, 6.07) is 13.4. The van der Waals surface area contributed by atoms with Crippen LogP contribution in [-0.4, -0.2) is 13.0 Å². The van der Waals surface area contributed by atoms with E-state index >= 15 is 0 Å². The fraction of sp³-hybridized carbons (Fsp3) is 0. The quantitative estimate of drug-likeness (QED) is 0.194. The van der Waals surface area contributed by atoms with Crippen LogP contribution in [0.1, 0.15) is 11.1 Å². The molecular formula is C14H9N6NaO3S. The van der Waals surface area contributed by atoms with Crippen molar-refractivity contribution in [3.63, 3.8) is 0 Å². The first-order valence-electron chi connectivity index (χ1n) is 6.44. The fourth-order valence-corrected chi connectivity index (χ4v) is 2.72. The van der Waals surface area contributed by atoms with Crippen LogP contribution in [0.15, 0.2) is 69.7 Å². The SMILES string of the molecule is [N-]=[N+]=NC(=C(N=[N+]=[N-])c1ccccc1S(=O)(=O)[O-])c1ccccc1.[Na+]. The minimum atomic E-state index is -4.83. The van der Waals surface area contributed by atoms with Gasteiger partial charge in [0.15, 0.2) is 0 Å². The van der Waals surface area contributed by atoms with Gasteiger partial charge in [-0.3, -0.25) is 0 Å². The van der Waals surface area contributed by atoms with E-state index in [0.717, 1.165) is 6.07 Å². The van der Waals surface area contributed by atoms with Crippen molar-refractivity contribution >= 4 is 21.5 Å². The third-order valence-corrected chi connectivity index (χ3v) is 3.87. The Balaban J connectivity index is 0.00000312. The number of benzene rings is 2. The molecular weight excluding hydrogens is 355 g/mol. The van der Waals surface area contributed by atoms with Crippen LogP contribution >= 0.6 is 0 Å². The van der Waals surface area contributed by atoms with Crippen molar-refractivity contribution < 1.29 is 42.5 Å². The second-order valence-corrected chi connectivity index (χ2v) is 5.74. The molecule has 0 saturated carbocycles. The first-order chi connectivity index (χ1) is 11.5. The number of rotatable bonds is 5. The third kappa shape index (κ3) is 5.09. The molecule has 0 spiro atoms. The Labute approximate surface area is 165 Å². The Bertz CT molecular complexity index is 994. The number of nitrogens with zero attached hydrogens (tertiary/aromatic N) is 6. The molecule has 0 radical (unpaired) electrons. The van der Waals surface area contributed by atoms with Gasteiger partial charge in [-0.15, -0.1) is 0 Å². The van der Waals surface area contributed by atoms with Crippen LogP contribution < -0.4 is 29.6 Å². The zero-order chi connectivity index (χ0) is 17.6. The fourth-order valence-electron chi connectivity index (χ4n) is 2.04. The molecule has 0 fully saturated rings. The van der Waals surface area contributed by atoms with Crippen molar-refractivity contribution in [1.82, 2.24) is 0 Å². The van der Waals surface area contributed by atoms with Crippen LogP contribution in [0.4, 0.5) is 0 Å². The van der Waals surface area contributed by atoms with Crippen LogP contribution in [0.3, 0.4) is 0 Å². The van der Waals surface area contributed by atoms with Gasteiger partial charge in [0.25, 0.3) is 0 Å². The topological polar surface area (TPSA) is 155 Å². The number of azide groups is 2. The summed E-state index contributed by atoms with van der Waals surface area (Å²) in [7, 11) is -4.83. The maximum Gasteiger partial charge on any atom is 1.00 e. The van der Waals surface area contributed by atoms with E-state index in [1.54, 1.807) is 30.3 Å². The Hall–Kier alpha value is -2.29. The molecule has 2 aromatic carbocycles. The molecule has 0 aromatic heterocycles. The molecule has 0 heterocycles. The zero-order valence-corrected chi connectivity index (χ0v) is 15.8. The minimum Gasteiger partial charge on any atom is -0.744 e. The zero-order valence-electron chi connectivity index (χ0n) is 13.0. The van der Waals surface area contributed by atoms with E-state index < -0.39 is 15.0 Å². The molecule has 9 nitrogen and oxygen atoms in total. The molecule has 0 bridgehead atoms. The Morgan fingerprint density at radius 3 is 1.96 bits per heavy atom. The van der Waals surface area contributed by atoms with Crippen LogP contribution in [-0.2, 0) is 10.1 Å². The molecule has 2 aromatic rings. The van der Waals surface area contributed by atoms with E-state index in [9.17, 15) is 13.0 Å². The van der Waals surface area contributed by atoms with Crippen molar-refractivity contribution in [3.05, 3.63) is 86.6 Å². The molecule has 0 unspecified atom stereocenters. The summed E-state index contributed by atoms with van der Waals surface area (Å²) < 4.78 is 34.4. The van der Waals surface area contributed by atoms with E-state index in [1.165, 1.54) is 18.2 Å². The van der Waals surface area contributed by atoms with Crippen molar-refractivity contribution in [3.8, 4) is 0 Å². The molecule has 2 rings (SSSR count). The largest absolute Gasteiger partial charge is 1.00 e. The molecule has 0 atom stereocenters. The summed E-state index contributed by atoms with van der Waals surface area (Å²) in [6.45, 7) is 0. The van der Waals surface area contributed by atoms with Gasteiger partial charge in [-0.25, -0.2) is 8.42 Å². The number of hydrogen-bond acceptors (Lipinski definition) is 5. The summed E-state index contributed by atoms with van der Waals surface area (Å²) in [5, 5.41) is 6.97. The second kappa shape index (κ2) is 9.26. The molecule has 25 heavy (non-hydrogen) atoms. The molecule has 0 aliphatic rings. The first kappa shape index (κ1) is 20.8. The van der Waals surface area contributed by atoms with Gasteiger partial charge in [-0.05, 0) is 22.7 Å². The maximum atomic E-state index is 11.5. The predicted molar refractivity (Wildman–Crippen MR) is 86.0 cm³/mol. The van der Waals surface area contributed by atoms with Gasteiger partial charge in [0, 0.05) is 15.4 Å². The summed E-state index contributed by atoms with van der Waals surface area (Å²) >= 11 is 0. The molecule has 0 aliphatic carbocycles. The van der Waals surface area contributed by atoms with Gasteiger partial charge < -0.3 is 4.55 Å². The van der Waals surface area contributed by atoms with Gasteiger partial charge >= 0.3 is 29.6 Å². The van der Waals surface area contributed by atoms with Gasteiger partial charge in [0.05, 0.1) is 16.3 Å². The van der Waals surface area contributed by atoms with E-state index in [2.05, 4.69) is 20.1 Å². The Morgan fingerprint density at radius 2 is 1.40 bits per heavy atom. The minimum absolute atomic E-state index is 0. The van der Waals surface area contributed by atoms with Crippen molar-refractivity contribution in [2.75, 3.05) is 0 Å². The Morgan fingerprint density at radius 1 is 0.880 bits per heavy atom. The average Bonchev–Trinajstić information content (AvgIpc) is 2.58. The van der Waals surface area contributed by atoms with E-state index in [4.69, 9.17) is 11.1 Å². The number of hydrogen-bond donors (Lipinski definition) is 0. The van der Waals surface area contributed by atoms with Crippen LogP contribution in [0.2, 0.25) is 0 Å². The van der Waals surface area contributed by atoms with Crippen molar-refractivity contribution in [2.24, 2.45) is 10.2 Å². The predicted octanol–water partition coefficient (Wildman–Crippen LogP) is 1.04. The summed E-state index contributed by atoms with van der Waals surface area (Å²) in [6.07, 6.45) is 0. The van der Waals surface area contributed by atoms with Gasteiger partial charge in [-0.1, -0.05) is 58.8 Å². The smallest absolute Gasteiger partial charge is 0.744 e. The van der Waals surface area contributed by atoms with Gasteiger partial charge in [-0.2, -0.15) is 0 Å². The van der Waals surface area contributed by atoms with E-state index in [-0.39, 0.29) is 46.5 Å². The van der Waals surface area contributed by atoms with E-state index in [0.29, 0.717) is 5.56 Å². The van der Waals surface area contributed by atoms with Crippen LogP contribution in [0, 0.1) is 0 Å².